The van der Waals surface area contributed by atoms with Crippen molar-refractivity contribution in [1.82, 2.24) is 0 Å². The number of amides is 1. The van der Waals surface area contributed by atoms with Gasteiger partial charge in [0.25, 0.3) is 5.91 Å². The Morgan fingerprint density at radius 2 is 2.26 bits per heavy atom. The number of hydrogen-bond acceptors (Lipinski definition) is 3. The number of carbonyl (C=O) groups is 1. The Labute approximate surface area is 123 Å². The maximum Gasteiger partial charge on any atom is 0.256 e. The van der Waals surface area contributed by atoms with Gasteiger partial charge in [0.2, 0.25) is 0 Å². The molecule has 0 atom stereocenters. The van der Waals surface area contributed by atoms with Gasteiger partial charge in [0.15, 0.2) is 0 Å². The van der Waals surface area contributed by atoms with Crippen LogP contribution in [0.2, 0.25) is 0 Å². The van der Waals surface area contributed by atoms with Crippen molar-refractivity contribution < 1.29 is 9.90 Å². The molecule has 0 aliphatic heterocycles. The molecule has 1 aromatic heterocycles. The Balaban J connectivity index is 2.13. The van der Waals surface area contributed by atoms with Gasteiger partial charge in [-0.05, 0) is 40.2 Å². The molecule has 0 fully saturated rings. The summed E-state index contributed by atoms with van der Waals surface area (Å²) in [6.07, 6.45) is 0. The van der Waals surface area contributed by atoms with Crippen LogP contribution in [0.5, 0.6) is 0 Å². The minimum atomic E-state index is -0.181. The highest BCUT2D eigenvalue weighted by Crippen LogP contribution is 2.21. The van der Waals surface area contributed by atoms with Gasteiger partial charge >= 0.3 is 0 Å². The van der Waals surface area contributed by atoms with E-state index in [2.05, 4.69) is 33.1 Å². The second-order valence-electron chi connectivity index (χ2n) is 3.63. The van der Waals surface area contributed by atoms with Crippen LogP contribution in [-0.2, 0) is 0 Å². The van der Waals surface area contributed by atoms with Crippen LogP contribution in [0.3, 0.4) is 0 Å². The number of halogens is 1. The van der Waals surface area contributed by atoms with Gasteiger partial charge in [-0.2, -0.15) is 0 Å². The van der Waals surface area contributed by atoms with E-state index < -0.39 is 0 Å². The number of hydrogen-bond donors (Lipinski definition) is 2. The zero-order valence-corrected chi connectivity index (χ0v) is 12.2. The van der Waals surface area contributed by atoms with Gasteiger partial charge in [-0.3, -0.25) is 4.79 Å². The smallest absolute Gasteiger partial charge is 0.256 e. The van der Waals surface area contributed by atoms with Crippen molar-refractivity contribution >= 4 is 38.9 Å². The highest BCUT2D eigenvalue weighted by Gasteiger charge is 2.08. The molecule has 0 bridgehead atoms. The zero-order valence-electron chi connectivity index (χ0n) is 9.81. The Hall–Kier alpha value is -1.61. The molecule has 0 radical (unpaired) electrons. The molecular weight excluding hydrogens is 326 g/mol. The summed E-state index contributed by atoms with van der Waals surface area (Å²) in [6, 6.07) is 8.96. The monoisotopic (exact) mass is 335 g/mol. The molecule has 96 valence electrons. The zero-order chi connectivity index (χ0) is 13.7. The number of thiophene rings is 1. The van der Waals surface area contributed by atoms with Gasteiger partial charge in [-0.15, -0.1) is 11.3 Å². The van der Waals surface area contributed by atoms with Crippen LogP contribution in [0.15, 0.2) is 39.5 Å². The first kappa shape index (κ1) is 13.8. The molecule has 2 rings (SSSR count). The van der Waals surface area contributed by atoms with Crippen LogP contribution < -0.4 is 5.32 Å². The Bertz CT molecular complexity index is 655. The van der Waals surface area contributed by atoms with Crippen molar-refractivity contribution in [3.63, 3.8) is 0 Å². The van der Waals surface area contributed by atoms with Crippen LogP contribution in [0.4, 0.5) is 5.69 Å². The number of carbonyl (C=O) groups excluding carboxylic acids is 1. The standard InChI is InChI=1S/C14H10BrNO2S/c15-13-8-11(9-19-13)14(18)16-12-5-1-3-10(7-12)4-2-6-17/h1,3,5,7-9,17H,6H2,(H,16,18). The Kier molecular flexibility index (Phi) is 4.74. The summed E-state index contributed by atoms with van der Waals surface area (Å²) in [5, 5.41) is 13.2. The van der Waals surface area contributed by atoms with Crippen LogP contribution in [0, 0.1) is 11.8 Å². The fourth-order valence-electron chi connectivity index (χ4n) is 1.45. The molecule has 5 heteroatoms. The predicted octanol–water partition coefficient (Wildman–Crippen LogP) is 3.11. The number of anilines is 1. The first-order valence-corrected chi connectivity index (χ1v) is 7.11. The fourth-order valence-corrected chi connectivity index (χ4v) is 2.59. The molecule has 1 aromatic carbocycles. The van der Waals surface area contributed by atoms with E-state index in [0.717, 1.165) is 9.35 Å². The number of aliphatic hydroxyl groups excluding tert-OH is 1. The van der Waals surface area contributed by atoms with Gasteiger partial charge in [-0.1, -0.05) is 17.9 Å². The maximum atomic E-state index is 12.0. The molecule has 1 amide bonds. The van der Waals surface area contributed by atoms with Gasteiger partial charge in [0, 0.05) is 16.6 Å². The summed E-state index contributed by atoms with van der Waals surface area (Å²) in [7, 11) is 0. The van der Waals surface area contributed by atoms with E-state index in [1.54, 1.807) is 29.6 Å². The van der Waals surface area contributed by atoms with Crippen molar-refractivity contribution in [2.24, 2.45) is 0 Å². The first-order chi connectivity index (χ1) is 9.19. The normalized spacial score (nSPS) is 9.58. The lowest BCUT2D eigenvalue weighted by Crippen LogP contribution is -2.10. The third-order valence-electron chi connectivity index (χ3n) is 2.26. The molecule has 0 unspecified atom stereocenters. The van der Waals surface area contributed by atoms with Crippen LogP contribution >= 0.6 is 27.3 Å². The maximum absolute atomic E-state index is 12.0. The summed E-state index contributed by atoms with van der Waals surface area (Å²) >= 11 is 4.79. The molecule has 0 saturated heterocycles. The van der Waals surface area contributed by atoms with Crippen LogP contribution in [0.1, 0.15) is 15.9 Å². The number of aliphatic hydroxyl groups is 1. The first-order valence-electron chi connectivity index (χ1n) is 5.44. The predicted molar refractivity (Wildman–Crippen MR) is 80.4 cm³/mol. The van der Waals surface area contributed by atoms with Crippen molar-refractivity contribution in [1.29, 1.82) is 0 Å². The number of nitrogens with one attached hydrogen (secondary N) is 1. The molecule has 2 N–H and O–H groups in total. The highest BCUT2D eigenvalue weighted by atomic mass is 79.9. The van der Waals surface area contributed by atoms with E-state index in [1.807, 2.05) is 6.07 Å². The van der Waals surface area contributed by atoms with Crippen molar-refractivity contribution in [3.8, 4) is 11.8 Å². The molecule has 19 heavy (non-hydrogen) atoms. The molecule has 0 saturated carbocycles. The van der Waals surface area contributed by atoms with Crippen LogP contribution in [0.25, 0.3) is 0 Å². The van der Waals surface area contributed by atoms with Gasteiger partial charge in [0.05, 0.1) is 9.35 Å². The minimum absolute atomic E-state index is 0.158. The van der Waals surface area contributed by atoms with E-state index >= 15 is 0 Å². The lowest BCUT2D eigenvalue weighted by Gasteiger charge is -2.03. The average Bonchev–Trinajstić information content (AvgIpc) is 2.83. The summed E-state index contributed by atoms with van der Waals surface area (Å²) in [6.45, 7) is -0.181. The Morgan fingerprint density at radius 1 is 1.42 bits per heavy atom. The second kappa shape index (κ2) is 6.53. The summed E-state index contributed by atoms with van der Waals surface area (Å²) in [4.78, 5) is 12.0. The molecule has 0 aliphatic carbocycles. The fraction of sp³-hybridized carbons (Fsp3) is 0.0714. The number of benzene rings is 1. The van der Waals surface area contributed by atoms with Crippen molar-refractivity contribution in [3.05, 3.63) is 50.6 Å². The Morgan fingerprint density at radius 3 is 2.95 bits per heavy atom. The van der Waals surface area contributed by atoms with Crippen LogP contribution in [-0.4, -0.2) is 17.6 Å². The van der Waals surface area contributed by atoms with E-state index in [9.17, 15) is 4.79 Å². The lowest BCUT2D eigenvalue weighted by molar-refractivity contribution is 0.102. The van der Waals surface area contributed by atoms with Gasteiger partial charge in [-0.25, -0.2) is 0 Å². The van der Waals surface area contributed by atoms with E-state index in [4.69, 9.17) is 5.11 Å². The SMILES string of the molecule is O=C(Nc1cccc(C#CCO)c1)c1csc(Br)c1. The van der Waals surface area contributed by atoms with E-state index in [1.165, 1.54) is 11.3 Å². The number of rotatable bonds is 2. The molecule has 3 nitrogen and oxygen atoms in total. The third-order valence-corrected chi connectivity index (χ3v) is 3.77. The molecule has 0 aliphatic rings. The molecule has 0 spiro atoms. The molecular formula is C14H10BrNO2S. The molecule has 2 aromatic rings. The average molecular weight is 336 g/mol. The van der Waals surface area contributed by atoms with Crippen molar-refractivity contribution in [2.45, 2.75) is 0 Å². The third kappa shape index (κ3) is 3.93. The highest BCUT2D eigenvalue weighted by molar-refractivity contribution is 9.11. The minimum Gasteiger partial charge on any atom is -0.384 e. The second-order valence-corrected chi connectivity index (χ2v) is 5.92. The van der Waals surface area contributed by atoms with Gasteiger partial charge in [0.1, 0.15) is 6.61 Å². The summed E-state index contributed by atoms with van der Waals surface area (Å²) < 4.78 is 0.917. The summed E-state index contributed by atoms with van der Waals surface area (Å²) in [5.41, 5.74) is 2.04. The topological polar surface area (TPSA) is 49.3 Å². The lowest BCUT2D eigenvalue weighted by atomic mass is 10.2. The van der Waals surface area contributed by atoms with Crippen molar-refractivity contribution in [2.75, 3.05) is 11.9 Å². The largest absolute Gasteiger partial charge is 0.384 e. The quantitative estimate of drug-likeness (QED) is 0.828. The van der Waals surface area contributed by atoms with E-state index in [-0.39, 0.29) is 12.5 Å². The molecule has 1 heterocycles. The van der Waals surface area contributed by atoms with Gasteiger partial charge < -0.3 is 10.4 Å². The van der Waals surface area contributed by atoms with E-state index in [0.29, 0.717) is 11.3 Å². The summed E-state index contributed by atoms with van der Waals surface area (Å²) in [5.74, 6) is 5.21.